The molecule has 0 spiro atoms. The van der Waals surface area contributed by atoms with E-state index in [1.165, 1.54) is 60.3 Å². The van der Waals surface area contributed by atoms with Gasteiger partial charge in [-0.15, -0.1) is 0 Å². The van der Waals surface area contributed by atoms with E-state index in [-0.39, 0.29) is 22.4 Å². The van der Waals surface area contributed by atoms with Gasteiger partial charge in [0.2, 0.25) is 7.59 Å². The van der Waals surface area contributed by atoms with E-state index in [4.69, 9.17) is 69.6 Å². The number of ketones is 2. The first-order valence-electron chi connectivity index (χ1n) is 10.8. The number of para-hydroxylation sites is 1. The molecule has 1 aliphatic heterocycles. The van der Waals surface area contributed by atoms with Crippen LogP contribution in [0.4, 0.5) is 5.69 Å². The smallest absolute Gasteiger partial charge is 0.216 e. The number of phenols is 1. The van der Waals surface area contributed by atoms with Gasteiger partial charge < -0.3 is 10.0 Å². The Morgan fingerprint density at radius 3 is 1.65 bits per heavy atom. The third kappa shape index (κ3) is 5.89. The molecule has 1 heterocycles. The highest BCUT2D eigenvalue weighted by atomic mass is 35.6. The van der Waals surface area contributed by atoms with Crippen molar-refractivity contribution in [2.24, 2.45) is 0 Å². The molecule has 0 aliphatic carbocycles. The fourth-order valence-corrected chi connectivity index (χ4v) is 5.86. The van der Waals surface area contributed by atoms with Crippen molar-refractivity contribution in [2.75, 3.05) is 11.4 Å². The summed E-state index contributed by atoms with van der Waals surface area (Å²) in [4.78, 5) is 30.2. The quantitative estimate of drug-likeness (QED) is 0.0997. The topological polar surface area (TPSA) is 57.6 Å². The number of nitrogens with zero attached hydrogens (tertiary/aromatic N) is 1. The number of thioether (sulfide) groups is 1. The summed E-state index contributed by atoms with van der Waals surface area (Å²) < 4.78 is -3.33. The molecule has 0 aromatic heterocycles. The standard InChI is InChI=1S/C26H17Cl6NO3S/c1-2-33-21-18(34)4-3-5-19(21)37-24(33)20(22(35)14-6-10-16(11-7-14)25(27,28)29)23(36)15-8-12-17(13-9-15)26(30,31)32/h3-13,34H,2H2,1H3. The van der Waals surface area contributed by atoms with Crippen molar-refractivity contribution in [3.8, 4) is 5.75 Å². The number of alkyl halides is 6. The lowest BCUT2D eigenvalue weighted by molar-refractivity contribution is 0.0961. The third-order valence-electron chi connectivity index (χ3n) is 5.63. The number of benzene rings is 3. The van der Waals surface area contributed by atoms with Crippen molar-refractivity contribution >= 4 is 98.6 Å². The fraction of sp³-hybridized carbons (Fsp3) is 0.154. The number of anilines is 1. The summed E-state index contributed by atoms with van der Waals surface area (Å²) in [6.45, 7) is 2.26. The highest BCUT2D eigenvalue weighted by molar-refractivity contribution is 8.03. The van der Waals surface area contributed by atoms with Gasteiger partial charge in [-0.05, 0) is 19.1 Å². The second-order valence-corrected chi connectivity index (χ2v) is 13.6. The number of carbonyl (C=O) groups excluding carboxylic acids is 2. The molecule has 37 heavy (non-hydrogen) atoms. The molecule has 0 saturated carbocycles. The minimum atomic E-state index is -1.66. The van der Waals surface area contributed by atoms with Crippen LogP contribution < -0.4 is 4.90 Å². The number of hydrogen-bond acceptors (Lipinski definition) is 5. The van der Waals surface area contributed by atoms with E-state index >= 15 is 0 Å². The zero-order valence-corrected chi connectivity index (χ0v) is 24.3. The van der Waals surface area contributed by atoms with Crippen molar-refractivity contribution in [1.29, 1.82) is 0 Å². The Hall–Kier alpha value is -1.57. The number of phenolic OH excluding ortho intramolecular Hbond substituents is 1. The first kappa shape index (κ1) is 28.4. The molecule has 1 aliphatic rings. The summed E-state index contributed by atoms with van der Waals surface area (Å²) in [5.74, 6) is -1.01. The summed E-state index contributed by atoms with van der Waals surface area (Å²) in [5.41, 5.74) is 1.65. The lowest BCUT2D eigenvalue weighted by atomic mass is 9.95. The molecular formula is C26H17Cl6NO3S. The van der Waals surface area contributed by atoms with E-state index in [1.807, 2.05) is 13.0 Å². The second-order valence-electron chi connectivity index (χ2n) is 7.96. The zero-order valence-electron chi connectivity index (χ0n) is 18.9. The highest BCUT2D eigenvalue weighted by Gasteiger charge is 2.35. The molecule has 3 aromatic carbocycles. The number of halogens is 6. The number of aromatic hydroxyl groups is 1. The number of allylic oxidation sites excluding steroid dienone is 1. The van der Waals surface area contributed by atoms with Gasteiger partial charge in [-0.25, -0.2) is 0 Å². The summed E-state index contributed by atoms with van der Waals surface area (Å²) in [5, 5.41) is 10.9. The Kier molecular flexibility index (Phi) is 8.37. The Morgan fingerprint density at radius 2 is 1.24 bits per heavy atom. The van der Waals surface area contributed by atoms with Gasteiger partial charge in [-0.3, -0.25) is 9.59 Å². The van der Waals surface area contributed by atoms with Crippen molar-refractivity contribution in [1.82, 2.24) is 0 Å². The molecule has 11 heteroatoms. The molecule has 0 saturated heterocycles. The van der Waals surface area contributed by atoms with Crippen LogP contribution in [0.3, 0.4) is 0 Å². The average molecular weight is 636 g/mol. The van der Waals surface area contributed by atoms with Gasteiger partial charge in [0.05, 0.1) is 10.7 Å². The fourth-order valence-electron chi connectivity index (χ4n) is 3.82. The van der Waals surface area contributed by atoms with Crippen LogP contribution in [-0.4, -0.2) is 23.2 Å². The van der Waals surface area contributed by atoms with Crippen LogP contribution in [0.25, 0.3) is 0 Å². The maximum Gasteiger partial charge on any atom is 0.216 e. The minimum absolute atomic E-state index is 0.0418. The molecule has 0 amide bonds. The summed E-state index contributed by atoms with van der Waals surface area (Å²) in [6, 6.07) is 17.1. The Labute approximate surface area is 248 Å². The summed E-state index contributed by atoms with van der Waals surface area (Å²) >= 11 is 37.0. The van der Waals surface area contributed by atoms with Gasteiger partial charge in [0.25, 0.3) is 0 Å². The van der Waals surface area contributed by atoms with Crippen LogP contribution in [0.5, 0.6) is 5.75 Å². The number of fused-ring (bicyclic) bond motifs is 1. The van der Waals surface area contributed by atoms with Crippen molar-refractivity contribution in [2.45, 2.75) is 19.4 Å². The Bertz CT molecular complexity index is 1320. The first-order valence-corrected chi connectivity index (χ1v) is 13.9. The molecule has 4 rings (SSSR count). The third-order valence-corrected chi connectivity index (χ3v) is 8.11. The van der Waals surface area contributed by atoms with Crippen LogP contribution in [0.1, 0.15) is 38.8 Å². The monoisotopic (exact) mass is 633 g/mol. The van der Waals surface area contributed by atoms with Gasteiger partial charge in [0.15, 0.2) is 11.6 Å². The maximum absolute atomic E-state index is 13.9. The lowest BCUT2D eigenvalue weighted by Crippen LogP contribution is -2.24. The van der Waals surface area contributed by atoms with E-state index in [1.54, 1.807) is 17.0 Å². The average Bonchev–Trinajstić information content (AvgIpc) is 3.22. The van der Waals surface area contributed by atoms with Crippen LogP contribution >= 0.6 is 81.4 Å². The molecule has 0 radical (unpaired) electrons. The lowest BCUT2D eigenvalue weighted by Gasteiger charge is -2.22. The second kappa shape index (κ2) is 10.9. The molecule has 0 bridgehead atoms. The van der Waals surface area contributed by atoms with Gasteiger partial charge in [0.1, 0.15) is 11.3 Å². The normalized spacial score (nSPS) is 13.5. The first-order chi connectivity index (χ1) is 17.3. The highest BCUT2D eigenvalue weighted by Crippen LogP contribution is 2.51. The van der Waals surface area contributed by atoms with E-state index in [0.717, 1.165) is 0 Å². The van der Waals surface area contributed by atoms with Crippen molar-refractivity contribution in [3.63, 3.8) is 0 Å². The Balaban J connectivity index is 1.86. The zero-order chi connectivity index (χ0) is 27.1. The number of Topliss-reactive ketones (excluding diaryl/α,β-unsaturated/α-hetero) is 2. The largest absolute Gasteiger partial charge is 0.506 e. The number of hydrogen-bond donors (Lipinski definition) is 1. The van der Waals surface area contributed by atoms with Gasteiger partial charge in [0, 0.05) is 33.7 Å². The van der Waals surface area contributed by atoms with Gasteiger partial charge >= 0.3 is 0 Å². The summed E-state index contributed by atoms with van der Waals surface area (Å²) in [6.07, 6.45) is 0. The van der Waals surface area contributed by atoms with E-state index in [2.05, 4.69) is 0 Å². The number of rotatable bonds is 5. The van der Waals surface area contributed by atoms with E-state index < -0.39 is 19.2 Å². The minimum Gasteiger partial charge on any atom is -0.506 e. The Morgan fingerprint density at radius 1 is 0.784 bits per heavy atom. The van der Waals surface area contributed by atoms with Crippen LogP contribution in [0.2, 0.25) is 0 Å². The summed E-state index contributed by atoms with van der Waals surface area (Å²) in [7, 11) is 0. The molecule has 3 aromatic rings. The number of carbonyl (C=O) groups is 2. The van der Waals surface area contributed by atoms with E-state index in [0.29, 0.717) is 33.3 Å². The van der Waals surface area contributed by atoms with Crippen molar-refractivity contribution < 1.29 is 14.7 Å². The maximum atomic E-state index is 13.9. The van der Waals surface area contributed by atoms with Crippen molar-refractivity contribution in [3.05, 3.63) is 99.6 Å². The van der Waals surface area contributed by atoms with E-state index in [9.17, 15) is 14.7 Å². The predicted octanol–water partition coefficient (Wildman–Crippen LogP) is 8.95. The van der Waals surface area contributed by atoms with Gasteiger partial charge in [-0.2, -0.15) is 0 Å². The molecule has 0 unspecified atom stereocenters. The molecule has 4 nitrogen and oxygen atoms in total. The molecule has 1 N–H and O–H groups in total. The molecule has 0 fully saturated rings. The molecular weight excluding hydrogens is 619 g/mol. The van der Waals surface area contributed by atoms with Crippen LogP contribution in [0, 0.1) is 0 Å². The predicted molar refractivity (Wildman–Crippen MR) is 154 cm³/mol. The van der Waals surface area contributed by atoms with Crippen LogP contribution in [-0.2, 0) is 7.59 Å². The van der Waals surface area contributed by atoms with Crippen LogP contribution in [0.15, 0.2) is 82.2 Å². The SMILES string of the molecule is CCN1C(=C(C(=O)c2ccc(C(Cl)(Cl)Cl)cc2)C(=O)c2ccc(C(Cl)(Cl)Cl)cc2)Sc2cccc(O)c21. The molecule has 192 valence electrons. The molecule has 0 atom stereocenters. The van der Waals surface area contributed by atoms with Gasteiger partial charge in [-0.1, -0.05) is 136 Å².